The van der Waals surface area contributed by atoms with E-state index in [4.69, 9.17) is 11.5 Å². The van der Waals surface area contributed by atoms with Crippen LogP contribution in [0.2, 0.25) is 0 Å². The van der Waals surface area contributed by atoms with Gasteiger partial charge >= 0.3 is 0 Å². The number of rotatable bonds is 2. The summed E-state index contributed by atoms with van der Waals surface area (Å²) in [7, 11) is 0. The molecule has 5 nitrogen and oxygen atoms in total. The van der Waals surface area contributed by atoms with Crippen molar-refractivity contribution >= 4 is 23.1 Å². The van der Waals surface area contributed by atoms with E-state index in [1.165, 1.54) is 11.8 Å². The summed E-state index contributed by atoms with van der Waals surface area (Å²) in [6.07, 6.45) is 0. The minimum Gasteiger partial charge on any atom is -0.397 e. The van der Waals surface area contributed by atoms with E-state index in [0.717, 1.165) is 10.7 Å². The first-order valence-corrected chi connectivity index (χ1v) is 5.18. The fourth-order valence-corrected chi connectivity index (χ4v) is 1.90. The molecule has 0 aliphatic heterocycles. The van der Waals surface area contributed by atoms with Crippen LogP contribution in [0.4, 0.5) is 11.4 Å². The van der Waals surface area contributed by atoms with Crippen molar-refractivity contribution in [3.8, 4) is 0 Å². The summed E-state index contributed by atoms with van der Waals surface area (Å²) in [6.45, 7) is 1.86. The van der Waals surface area contributed by atoms with Gasteiger partial charge in [-0.3, -0.25) is 5.10 Å². The topological polar surface area (TPSA) is 93.6 Å². The number of nitrogens with one attached hydrogen (secondary N) is 1. The molecular weight excluding hydrogens is 210 g/mol. The van der Waals surface area contributed by atoms with Crippen LogP contribution in [0.25, 0.3) is 0 Å². The van der Waals surface area contributed by atoms with Crippen LogP contribution in [-0.4, -0.2) is 15.2 Å². The van der Waals surface area contributed by atoms with E-state index in [1.807, 2.05) is 19.1 Å². The van der Waals surface area contributed by atoms with Gasteiger partial charge in [-0.25, -0.2) is 4.98 Å². The minimum absolute atomic E-state index is 0.576. The molecule has 5 N–H and O–H groups in total. The van der Waals surface area contributed by atoms with E-state index in [9.17, 15) is 0 Å². The van der Waals surface area contributed by atoms with Crippen LogP contribution in [0, 0.1) is 6.92 Å². The van der Waals surface area contributed by atoms with Crippen molar-refractivity contribution in [2.45, 2.75) is 17.0 Å². The molecular formula is C9H11N5S. The van der Waals surface area contributed by atoms with Crippen LogP contribution in [0.1, 0.15) is 5.82 Å². The predicted molar refractivity (Wildman–Crippen MR) is 60.5 cm³/mol. The molecule has 0 amide bonds. The SMILES string of the molecule is Cc1nc(Sc2ccc(N)c(N)c2)n[nH]1. The summed E-state index contributed by atoms with van der Waals surface area (Å²) in [5, 5.41) is 7.47. The molecule has 1 heterocycles. The summed E-state index contributed by atoms with van der Waals surface area (Å²) in [6, 6.07) is 5.48. The highest BCUT2D eigenvalue weighted by atomic mass is 32.2. The van der Waals surface area contributed by atoms with Gasteiger partial charge in [-0.15, -0.1) is 5.10 Å². The highest BCUT2D eigenvalue weighted by molar-refractivity contribution is 7.99. The molecule has 0 saturated carbocycles. The number of hydrogen-bond acceptors (Lipinski definition) is 5. The molecule has 2 aromatic rings. The lowest BCUT2D eigenvalue weighted by molar-refractivity contribution is 0.969. The Morgan fingerprint density at radius 1 is 1.27 bits per heavy atom. The van der Waals surface area contributed by atoms with Gasteiger partial charge in [-0.1, -0.05) is 0 Å². The second kappa shape index (κ2) is 3.82. The van der Waals surface area contributed by atoms with Crippen molar-refractivity contribution in [1.82, 2.24) is 15.2 Å². The smallest absolute Gasteiger partial charge is 0.213 e. The van der Waals surface area contributed by atoms with Crippen molar-refractivity contribution in [1.29, 1.82) is 0 Å². The van der Waals surface area contributed by atoms with E-state index in [0.29, 0.717) is 16.5 Å². The summed E-state index contributed by atoms with van der Waals surface area (Å²) in [5.74, 6) is 0.793. The Labute approximate surface area is 91.3 Å². The number of anilines is 2. The summed E-state index contributed by atoms with van der Waals surface area (Å²) in [5.41, 5.74) is 12.5. The zero-order valence-electron chi connectivity index (χ0n) is 8.19. The fraction of sp³-hybridized carbons (Fsp3) is 0.111. The molecule has 1 aromatic heterocycles. The second-order valence-corrected chi connectivity index (χ2v) is 4.14. The lowest BCUT2D eigenvalue weighted by Crippen LogP contribution is -1.93. The van der Waals surface area contributed by atoms with Gasteiger partial charge < -0.3 is 11.5 Å². The first-order valence-electron chi connectivity index (χ1n) is 4.37. The Kier molecular flexibility index (Phi) is 2.51. The van der Waals surface area contributed by atoms with Gasteiger partial charge in [0, 0.05) is 4.90 Å². The van der Waals surface area contributed by atoms with Crippen LogP contribution in [0.5, 0.6) is 0 Å². The van der Waals surface area contributed by atoms with Crippen LogP contribution in [-0.2, 0) is 0 Å². The molecule has 1 aromatic carbocycles. The molecule has 0 saturated heterocycles. The van der Waals surface area contributed by atoms with E-state index in [2.05, 4.69) is 15.2 Å². The zero-order chi connectivity index (χ0) is 10.8. The normalized spacial score (nSPS) is 10.5. The van der Waals surface area contributed by atoms with Gasteiger partial charge in [-0.05, 0) is 36.9 Å². The van der Waals surface area contributed by atoms with Crippen molar-refractivity contribution < 1.29 is 0 Å². The number of nitrogen functional groups attached to an aromatic ring is 2. The molecule has 0 unspecified atom stereocenters. The summed E-state index contributed by atoms with van der Waals surface area (Å²) >= 11 is 1.44. The molecule has 0 bridgehead atoms. The van der Waals surface area contributed by atoms with Crippen LogP contribution >= 0.6 is 11.8 Å². The highest BCUT2D eigenvalue weighted by Gasteiger charge is 2.04. The highest BCUT2D eigenvalue weighted by Crippen LogP contribution is 2.28. The summed E-state index contributed by atoms with van der Waals surface area (Å²) < 4.78 is 0. The number of hydrogen-bond donors (Lipinski definition) is 3. The number of aromatic nitrogens is 3. The molecule has 0 atom stereocenters. The van der Waals surface area contributed by atoms with Gasteiger partial charge in [0.15, 0.2) is 0 Å². The Bertz CT molecular complexity index is 479. The molecule has 78 valence electrons. The lowest BCUT2D eigenvalue weighted by atomic mass is 10.3. The van der Waals surface area contributed by atoms with Gasteiger partial charge in [0.05, 0.1) is 11.4 Å². The molecule has 0 fully saturated rings. The monoisotopic (exact) mass is 221 g/mol. The number of H-pyrrole nitrogens is 1. The van der Waals surface area contributed by atoms with E-state index >= 15 is 0 Å². The molecule has 2 rings (SSSR count). The number of benzene rings is 1. The molecule has 0 radical (unpaired) electrons. The second-order valence-electron chi connectivity index (χ2n) is 3.10. The third kappa shape index (κ3) is 2.21. The number of aryl methyl sites for hydroxylation is 1. The van der Waals surface area contributed by atoms with Crippen molar-refractivity contribution in [3.05, 3.63) is 24.0 Å². The average molecular weight is 221 g/mol. The Hall–Kier alpha value is -1.69. The molecule has 15 heavy (non-hydrogen) atoms. The quantitative estimate of drug-likeness (QED) is 0.667. The van der Waals surface area contributed by atoms with E-state index in [-0.39, 0.29) is 0 Å². The summed E-state index contributed by atoms with van der Waals surface area (Å²) in [4.78, 5) is 5.16. The standard InChI is InChI=1S/C9H11N5S/c1-5-12-9(14-13-5)15-6-2-3-7(10)8(11)4-6/h2-4H,10-11H2,1H3,(H,12,13,14). The van der Waals surface area contributed by atoms with Crippen molar-refractivity contribution in [2.75, 3.05) is 11.5 Å². The van der Waals surface area contributed by atoms with Crippen LogP contribution in [0.15, 0.2) is 28.3 Å². The zero-order valence-corrected chi connectivity index (χ0v) is 9.01. The van der Waals surface area contributed by atoms with Gasteiger partial charge in [0.1, 0.15) is 5.82 Å². The Morgan fingerprint density at radius 3 is 2.67 bits per heavy atom. The maximum Gasteiger partial charge on any atom is 0.213 e. The lowest BCUT2D eigenvalue weighted by Gasteiger charge is -2.01. The number of nitrogens with zero attached hydrogens (tertiary/aromatic N) is 2. The van der Waals surface area contributed by atoms with Crippen molar-refractivity contribution in [3.63, 3.8) is 0 Å². The Balaban J connectivity index is 2.21. The predicted octanol–water partition coefficient (Wildman–Crippen LogP) is 1.43. The molecule has 0 aliphatic carbocycles. The average Bonchev–Trinajstić information content (AvgIpc) is 2.58. The largest absolute Gasteiger partial charge is 0.397 e. The number of nitrogens with two attached hydrogens (primary N) is 2. The van der Waals surface area contributed by atoms with Gasteiger partial charge in [-0.2, -0.15) is 0 Å². The number of aromatic amines is 1. The third-order valence-electron chi connectivity index (χ3n) is 1.84. The third-order valence-corrected chi connectivity index (χ3v) is 2.70. The van der Waals surface area contributed by atoms with Crippen LogP contribution < -0.4 is 11.5 Å². The molecule has 0 spiro atoms. The fourth-order valence-electron chi connectivity index (χ4n) is 1.09. The van der Waals surface area contributed by atoms with E-state index < -0.39 is 0 Å². The first-order chi connectivity index (χ1) is 7.15. The molecule has 6 heteroatoms. The Morgan fingerprint density at radius 2 is 2.07 bits per heavy atom. The van der Waals surface area contributed by atoms with Gasteiger partial charge in [0.2, 0.25) is 5.16 Å². The molecule has 0 aliphatic rings. The van der Waals surface area contributed by atoms with Gasteiger partial charge in [0.25, 0.3) is 0 Å². The van der Waals surface area contributed by atoms with Crippen molar-refractivity contribution in [2.24, 2.45) is 0 Å². The van der Waals surface area contributed by atoms with E-state index in [1.54, 1.807) is 6.07 Å². The maximum atomic E-state index is 5.69. The minimum atomic E-state index is 0.576. The van der Waals surface area contributed by atoms with Crippen LogP contribution in [0.3, 0.4) is 0 Å². The first kappa shape index (κ1) is 9.85. The maximum absolute atomic E-state index is 5.69.